The zero-order valence-electron chi connectivity index (χ0n) is 17.3. The standard InChI is InChI=1S/C23H21N5O4/c1-28-20-11-16(6-7-21(20)32-23(28)30)15-4-2-14(3-5-15)10-18(13-24)26-22(29)19(25)12-17-8-9-31-27-17/h2-9,11,18-19H,10,12,25H2,1H3,(H,26,29)/t18-,19?/m0/s1. The number of aromatic nitrogens is 2. The van der Waals surface area contributed by atoms with E-state index in [0.717, 1.165) is 16.7 Å². The first-order chi connectivity index (χ1) is 15.4. The number of nitriles is 1. The second-order valence-corrected chi connectivity index (χ2v) is 7.50. The molecule has 0 saturated heterocycles. The molecule has 3 N–H and O–H groups in total. The van der Waals surface area contributed by atoms with Crippen molar-refractivity contribution < 1.29 is 13.7 Å². The minimum Gasteiger partial charge on any atom is -0.408 e. The summed E-state index contributed by atoms with van der Waals surface area (Å²) in [5.74, 6) is -0.826. The van der Waals surface area contributed by atoms with Gasteiger partial charge in [0.2, 0.25) is 5.91 Å². The zero-order valence-corrected chi connectivity index (χ0v) is 17.3. The number of carbonyl (C=O) groups excluding carboxylic acids is 1. The van der Waals surface area contributed by atoms with Gasteiger partial charge in [0.25, 0.3) is 0 Å². The number of benzene rings is 2. The molecule has 32 heavy (non-hydrogen) atoms. The number of hydrogen-bond donors (Lipinski definition) is 2. The second-order valence-electron chi connectivity index (χ2n) is 7.50. The Labute approximate surface area is 183 Å². The van der Waals surface area contributed by atoms with Gasteiger partial charge in [-0.15, -0.1) is 0 Å². The minimum atomic E-state index is -0.827. The van der Waals surface area contributed by atoms with Crippen LogP contribution in [-0.4, -0.2) is 27.7 Å². The molecule has 9 heteroatoms. The van der Waals surface area contributed by atoms with Crippen LogP contribution in [0.2, 0.25) is 0 Å². The van der Waals surface area contributed by atoms with E-state index in [-0.39, 0.29) is 6.42 Å². The molecule has 0 bridgehead atoms. The summed E-state index contributed by atoms with van der Waals surface area (Å²) in [6.07, 6.45) is 1.98. The van der Waals surface area contributed by atoms with Gasteiger partial charge in [0.15, 0.2) is 5.58 Å². The Hall–Kier alpha value is -4.16. The summed E-state index contributed by atoms with van der Waals surface area (Å²) in [7, 11) is 1.66. The maximum absolute atomic E-state index is 12.3. The summed E-state index contributed by atoms with van der Waals surface area (Å²) in [4.78, 5) is 24.0. The number of amides is 1. The van der Waals surface area contributed by atoms with Crippen molar-refractivity contribution in [2.75, 3.05) is 0 Å². The molecule has 2 heterocycles. The number of rotatable bonds is 7. The number of fused-ring (bicyclic) bond motifs is 1. The van der Waals surface area contributed by atoms with Crippen molar-refractivity contribution in [1.82, 2.24) is 15.0 Å². The highest BCUT2D eigenvalue weighted by Crippen LogP contribution is 2.24. The predicted molar refractivity (Wildman–Crippen MR) is 116 cm³/mol. The maximum Gasteiger partial charge on any atom is 0.419 e. The molecule has 2 atom stereocenters. The molecule has 1 unspecified atom stereocenters. The van der Waals surface area contributed by atoms with Gasteiger partial charge in [-0.2, -0.15) is 5.26 Å². The van der Waals surface area contributed by atoms with Gasteiger partial charge in [-0.05, 0) is 28.8 Å². The lowest BCUT2D eigenvalue weighted by Crippen LogP contribution is -2.46. The molecule has 0 aliphatic heterocycles. The molecule has 4 rings (SSSR count). The summed E-state index contributed by atoms with van der Waals surface area (Å²) in [5, 5.41) is 15.9. The Morgan fingerprint density at radius 2 is 1.94 bits per heavy atom. The molecule has 0 aliphatic carbocycles. The summed E-state index contributed by atoms with van der Waals surface area (Å²) in [6.45, 7) is 0. The Kier molecular flexibility index (Phi) is 5.87. The fourth-order valence-corrected chi connectivity index (χ4v) is 3.44. The van der Waals surface area contributed by atoms with Crippen LogP contribution in [0.4, 0.5) is 0 Å². The number of nitrogens with two attached hydrogens (primary N) is 1. The van der Waals surface area contributed by atoms with Gasteiger partial charge in [-0.1, -0.05) is 35.5 Å². The Morgan fingerprint density at radius 3 is 2.62 bits per heavy atom. The maximum atomic E-state index is 12.3. The molecule has 0 spiro atoms. The van der Waals surface area contributed by atoms with E-state index >= 15 is 0 Å². The molecular formula is C23H21N5O4. The van der Waals surface area contributed by atoms with Crippen molar-refractivity contribution in [3.05, 3.63) is 76.6 Å². The van der Waals surface area contributed by atoms with E-state index in [1.54, 1.807) is 19.2 Å². The highest BCUT2D eigenvalue weighted by molar-refractivity contribution is 5.82. The summed E-state index contributed by atoms with van der Waals surface area (Å²) in [6, 6.07) is 15.4. The predicted octanol–water partition coefficient (Wildman–Crippen LogP) is 1.91. The largest absolute Gasteiger partial charge is 0.419 e. The van der Waals surface area contributed by atoms with E-state index in [4.69, 9.17) is 14.7 Å². The Bertz CT molecular complexity index is 1330. The van der Waals surface area contributed by atoms with E-state index in [9.17, 15) is 14.9 Å². The van der Waals surface area contributed by atoms with Crippen LogP contribution in [0, 0.1) is 11.3 Å². The fourth-order valence-electron chi connectivity index (χ4n) is 3.44. The minimum absolute atomic E-state index is 0.224. The third-order valence-corrected chi connectivity index (χ3v) is 5.25. The summed E-state index contributed by atoms with van der Waals surface area (Å²) < 4.78 is 11.4. The highest BCUT2D eigenvalue weighted by atomic mass is 16.5. The average molecular weight is 431 g/mol. The number of carbonyl (C=O) groups is 1. The Balaban J connectivity index is 1.42. The van der Waals surface area contributed by atoms with Gasteiger partial charge < -0.3 is 20.0 Å². The van der Waals surface area contributed by atoms with Gasteiger partial charge in [0, 0.05) is 26.0 Å². The van der Waals surface area contributed by atoms with E-state index < -0.39 is 23.7 Å². The van der Waals surface area contributed by atoms with E-state index in [1.165, 1.54) is 10.8 Å². The number of oxazole rings is 1. The fraction of sp³-hybridized carbons (Fsp3) is 0.217. The summed E-state index contributed by atoms with van der Waals surface area (Å²) >= 11 is 0. The number of aryl methyl sites for hydroxylation is 1. The van der Waals surface area contributed by atoms with Crippen LogP contribution in [0.15, 0.2) is 68.5 Å². The van der Waals surface area contributed by atoms with Gasteiger partial charge in [-0.3, -0.25) is 9.36 Å². The van der Waals surface area contributed by atoms with Crippen LogP contribution in [-0.2, 0) is 24.7 Å². The van der Waals surface area contributed by atoms with E-state index in [2.05, 4.69) is 16.5 Å². The summed E-state index contributed by atoms with van der Waals surface area (Å²) in [5.41, 5.74) is 10.5. The highest BCUT2D eigenvalue weighted by Gasteiger charge is 2.19. The van der Waals surface area contributed by atoms with E-state index in [0.29, 0.717) is 23.2 Å². The third-order valence-electron chi connectivity index (χ3n) is 5.25. The van der Waals surface area contributed by atoms with Crippen molar-refractivity contribution in [2.45, 2.75) is 24.9 Å². The number of nitrogens with zero attached hydrogens (tertiary/aromatic N) is 3. The molecule has 9 nitrogen and oxygen atoms in total. The lowest BCUT2D eigenvalue weighted by Gasteiger charge is -2.15. The zero-order chi connectivity index (χ0) is 22.7. The normalized spacial score (nSPS) is 12.9. The SMILES string of the molecule is Cn1c(=O)oc2ccc(-c3ccc(C[C@@H](C#N)NC(=O)C(N)Cc4ccon4)cc3)cc21. The van der Waals surface area contributed by atoms with Gasteiger partial charge in [0.05, 0.1) is 23.3 Å². The van der Waals surface area contributed by atoms with Crippen molar-refractivity contribution in [3.63, 3.8) is 0 Å². The van der Waals surface area contributed by atoms with Crippen molar-refractivity contribution in [2.24, 2.45) is 12.8 Å². The van der Waals surface area contributed by atoms with Crippen LogP contribution in [0.25, 0.3) is 22.2 Å². The molecule has 4 aromatic rings. The monoisotopic (exact) mass is 431 g/mol. The molecule has 0 radical (unpaired) electrons. The number of hydrogen-bond acceptors (Lipinski definition) is 7. The third kappa shape index (κ3) is 4.45. The quantitative estimate of drug-likeness (QED) is 0.455. The molecule has 2 aromatic carbocycles. The van der Waals surface area contributed by atoms with E-state index in [1.807, 2.05) is 36.4 Å². The van der Waals surface area contributed by atoms with Crippen LogP contribution < -0.4 is 16.8 Å². The van der Waals surface area contributed by atoms with Crippen molar-refractivity contribution in [3.8, 4) is 17.2 Å². The first-order valence-corrected chi connectivity index (χ1v) is 9.98. The van der Waals surface area contributed by atoms with Crippen LogP contribution >= 0.6 is 0 Å². The lowest BCUT2D eigenvalue weighted by atomic mass is 10.0. The molecule has 0 fully saturated rings. The molecule has 0 aliphatic rings. The molecule has 1 amide bonds. The lowest BCUT2D eigenvalue weighted by molar-refractivity contribution is -0.122. The Morgan fingerprint density at radius 1 is 1.19 bits per heavy atom. The topological polar surface area (TPSA) is 140 Å². The molecular weight excluding hydrogens is 410 g/mol. The van der Waals surface area contributed by atoms with Crippen LogP contribution in [0.3, 0.4) is 0 Å². The van der Waals surface area contributed by atoms with Crippen LogP contribution in [0.1, 0.15) is 11.3 Å². The van der Waals surface area contributed by atoms with Crippen molar-refractivity contribution in [1.29, 1.82) is 5.26 Å². The first-order valence-electron chi connectivity index (χ1n) is 9.98. The van der Waals surface area contributed by atoms with Gasteiger partial charge in [0.1, 0.15) is 12.3 Å². The first kappa shape index (κ1) is 21.1. The molecule has 162 valence electrons. The van der Waals surface area contributed by atoms with Crippen molar-refractivity contribution >= 4 is 17.0 Å². The number of nitrogens with one attached hydrogen (secondary N) is 1. The second kappa shape index (κ2) is 8.91. The smallest absolute Gasteiger partial charge is 0.408 e. The van der Waals surface area contributed by atoms with Gasteiger partial charge >= 0.3 is 5.76 Å². The van der Waals surface area contributed by atoms with Crippen LogP contribution in [0.5, 0.6) is 0 Å². The average Bonchev–Trinajstić information content (AvgIpc) is 3.41. The molecule has 0 saturated carbocycles. The van der Waals surface area contributed by atoms with Gasteiger partial charge in [-0.25, -0.2) is 4.79 Å². The molecule has 2 aromatic heterocycles.